The molecule has 1 aromatic heterocycles. The highest BCUT2D eigenvalue weighted by Crippen LogP contribution is 2.32. The predicted molar refractivity (Wildman–Crippen MR) is 93.3 cm³/mol. The quantitative estimate of drug-likeness (QED) is 0.815. The maximum absolute atomic E-state index is 6.24. The summed E-state index contributed by atoms with van der Waals surface area (Å²) >= 11 is 1.69. The van der Waals surface area contributed by atoms with Gasteiger partial charge in [-0.05, 0) is 38.5 Å². The topological polar surface area (TPSA) is 43.8 Å². The molecule has 1 aromatic rings. The molecule has 0 radical (unpaired) electrons. The minimum absolute atomic E-state index is 0.178. The lowest BCUT2D eigenvalue weighted by atomic mass is 9.97. The molecule has 3 aliphatic rings. The number of fused-ring (bicyclic) bond motifs is 1. The van der Waals surface area contributed by atoms with Gasteiger partial charge in [-0.3, -0.25) is 4.90 Å². The molecule has 0 aliphatic carbocycles. The molecule has 3 saturated heterocycles. The number of likely N-dealkylation sites (tertiary alicyclic amines) is 1. The Morgan fingerprint density at radius 1 is 1.29 bits per heavy atom. The van der Waals surface area contributed by atoms with E-state index in [1.807, 2.05) is 6.92 Å². The Morgan fingerprint density at radius 2 is 2.17 bits per heavy atom. The van der Waals surface area contributed by atoms with E-state index in [4.69, 9.17) is 14.2 Å². The van der Waals surface area contributed by atoms with E-state index in [1.165, 1.54) is 32.2 Å². The Bertz CT molecular complexity index is 532. The first-order valence-electron chi connectivity index (χ1n) is 9.25. The van der Waals surface area contributed by atoms with Crippen LogP contribution in [0, 0.1) is 12.8 Å². The van der Waals surface area contributed by atoms with Crippen molar-refractivity contribution in [1.82, 2.24) is 9.88 Å². The minimum Gasteiger partial charge on any atom is -0.381 e. The van der Waals surface area contributed by atoms with Crippen LogP contribution in [-0.2, 0) is 20.8 Å². The summed E-state index contributed by atoms with van der Waals surface area (Å²) in [6.45, 7) is 7.53. The summed E-state index contributed by atoms with van der Waals surface area (Å²) in [7, 11) is 0. The van der Waals surface area contributed by atoms with Crippen LogP contribution in [-0.4, -0.2) is 61.0 Å². The van der Waals surface area contributed by atoms with Crippen molar-refractivity contribution in [3.8, 4) is 0 Å². The first kappa shape index (κ1) is 16.9. The van der Waals surface area contributed by atoms with Crippen LogP contribution >= 0.6 is 11.3 Å². The maximum atomic E-state index is 6.24. The number of rotatable bonds is 5. The molecule has 4 rings (SSSR count). The average molecular weight is 353 g/mol. The number of aryl methyl sites for hydroxylation is 1. The van der Waals surface area contributed by atoms with Crippen molar-refractivity contribution in [2.24, 2.45) is 5.92 Å². The zero-order valence-electron chi connectivity index (χ0n) is 14.5. The average Bonchev–Trinajstić information content (AvgIpc) is 3.18. The number of ether oxygens (including phenoxy) is 3. The van der Waals surface area contributed by atoms with E-state index in [-0.39, 0.29) is 12.2 Å². The number of thiazole rings is 1. The highest BCUT2D eigenvalue weighted by molar-refractivity contribution is 7.09. The van der Waals surface area contributed by atoms with Gasteiger partial charge in [-0.15, -0.1) is 11.3 Å². The number of aromatic nitrogens is 1. The largest absolute Gasteiger partial charge is 0.381 e. The molecule has 134 valence electrons. The van der Waals surface area contributed by atoms with Crippen LogP contribution in [0.1, 0.15) is 36.4 Å². The summed E-state index contributed by atoms with van der Waals surface area (Å²) in [5.74, 6) is 0.765. The molecule has 6 heteroatoms. The van der Waals surface area contributed by atoms with Gasteiger partial charge in [0.25, 0.3) is 0 Å². The van der Waals surface area contributed by atoms with Crippen molar-refractivity contribution < 1.29 is 14.2 Å². The molecule has 3 aliphatic heterocycles. The van der Waals surface area contributed by atoms with Crippen LogP contribution in [0.3, 0.4) is 0 Å². The van der Waals surface area contributed by atoms with Crippen LogP contribution < -0.4 is 0 Å². The van der Waals surface area contributed by atoms with Crippen LogP contribution in [0.5, 0.6) is 0 Å². The standard InChI is InChI=1S/C18H28N2O3S/c1-13-19-15(12-24-13)11-23-17-10-20(9-14-4-7-21-8-5-14)16-3-2-6-22-18(16)17/h12,14,16-18H,2-11H2,1H3/t16-,17-,18+/m1/s1. The Morgan fingerprint density at radius 3 is 2.96 bits per heavy atom. The second-order valence-corrected chi connectivity index (χ2v) is 8.32. The molecule has 0 unspecified atom stereocenters. The fraction of sp³-hybridized carbons (Fsp3) is 0.833. The third-order valence-corrected chi connectivity index (χ3v) is 6.35. The van der Waals surface area contributed by atoms with Crippen molar-refractivity contribution >= 4 is 11.3 Å². The highest BCUT2D eigenvalue weighted by atomic mass is 32.1. The molecule has 0 bridgehead atoms. The number of hydrogen-bond acceptors (Lipinski definition) is 6. The fourth-order valence-corrected chi connectivity index (χ4v) is 4.89. The minimum atomic E-state index is 0.178. The third-order valence-electron chi connectivity index (χ3n) is 5.53. The number of hydrogen-bond donors (Lipinski definition) is 0. The number of nitrogens with zero attached hydrogens (tertiary/aromatic N) is 2. The molecule has 0 saturated carbocycles. The molecule has 3 fully saturated rings. The zero-order chi connectivity index (χ0) is 16.4. The van der Waals surface area contributed by atoms with E-state index in [2.05, 4.69) is 15.3 Å². The van der Waals surface area contributed by atoms with Crippen LogP contribution in [0.2, 0.25) is 0 Å². The van der Waals surface area contributed by atoms with Gasteiger partial charge < -0.3 is 14.2 Å². The van der Waals surface area contributed by atoms with E-state index in [0.717, 1.165) is 43.0 Å². The van der Waals surface area contributed by atoms with Crippen molar-refractivity contribution in [3.05, 3.63) is 16.1 Å². The summed E-state index contributed by atoms with van der Waals surface area (Å²) in [6.07, 6.45) is 5.21. The van der Waals surface area contributed by atoms with Gasteiger partial charge in [-0.2, -0.15) is 0 Å². The summed E-state index contributed by atoms with van der Waals surface area (Å²) in [6, 6.07) is 0.531. The molecular formula is C18H28N2O3S. The zero-order valence-corrected chi connectivity index (χ0v) is 15.3. The molecule has 0 spiro atoms. The lowest BCUT2D eigenvalue weighted by Gasteiger charge is -2.34. The molecule has 0 N–H and O–H groups in total. The van der Waals surface area contributed by atoms with Crippen LogP contribution in [0.15, 0.2) is 5.38 Å². The molecule has 0 amide bonds. The highest BCUT2D eigenvalue weighted by Gasteiger charge is 2.45. The Hall–Kier alpha value is -0.530. The van der Waals surface area contributed by atoms with Gasteiger partial charge in [0.05, 0.1) is 23.4 Å². The smallest absolute Gasteiger partial charge is 0.100 e. The maximum Gasteiger partial charge on any atom is 0.100 e. The van der Waals surface area contributed by atoms with E-state index in [1.54, 1.807) is 11.3 Å². The molecule has 3 atom stereocenters. The normalized spacial score (nSPS) is 32.1. The molecule has 5 nitrogen and oxygen atoms in total. The molecule has 4 heterocycles. The van der Waals surface area contributed by atoms with Crippen molar-refractivity contribution in [2.75, 3.05) is 32.9 Å². The Balaban J connectivity index is 1.37. The van der Waals surface area contributed by atoms with E-state index < -0.39 is 0 Å². The molecule has 0 aromatic carbocycles. The van der Waals surface area contributed by atoms with Gasteiger partial charge in [-0.1, -0.05) is 0 Å². The second-order valence-electron chi connectivity index (χ2n) is 7.26. The Labute approximate surface area is 148 Å². The fourth-order valence-electron chi connectivity index (χ4n) is 4.29. The van der Waals surface area contributed by atoms with E-state index >= 15 is 0 Å². The van der Waals surface area contributed by atoms with Crippen molar-refractivity contribution in [3.63, 3.8) is 0 Å². The van der Waals surface area contributed by atoms with Gasteiger partial charge in [0.15, 0.2) is 0 Å². The van der Waals surface area contributed by atoms with Gasteiger partial charge in [0.1, 0.15) is 6.10 Å². The van der Waals surface area contributed by atoms with Gasteiger partial charge >= 0.3 is 0 Å². The summed E-state index contributed by atoms with van der Waals surface area (Å²) in [5, 5.41) is 3.21. The summed E-state index contributed by atoms with van der Waals surface area (Å²) in [4.78, 5) is 7.15. The predicted octanol–water partition coefficient (Wildman–Crippen LogP) is 2.63. The lowest BCUT2D eigenvalue weighted by Crippen LogP contribution is -2.43. The Kier molecular flexibility index (Phi) is 5.49. The monoisotopic (exact) mass is 352 g/mol. The molecule has 24 heavy (non-hydrogen) atoms. The first-order chi connectivity index (χ1) is 11.8. The van der Waals surface area contributed by atoms with Gasteiger partial charge in [0, 0.05) is 44.3 Å². The van der Waals surface area contributed by atoms with Crippen molar-refractivity contribution in [1.29, 1.82) is 0 Å². The SMILES string of the molecule is Cc1nc(CO[C@@H]2CN(CC3CCOCC3)[C@@H]3CCCO[C@@H]32)cs1. The van der Waals surface area contributed by atoms with Gasteiger partial charge in [-0.25, -0.2) is 4.98 Å². The van der Waals surface area contributed by atoms with Crippen LogP contribution in [0.4, 0.5) is 0 Å². The summed E-state index contributed by atoms with van der Waals surface area (Å²) < 4.78 is 17.9. The second kappa shape index (κ2) is 7.79. The van der Waals surface area contributed by atoms with E-state index in [9.17, 15) is 0 Å². The first-order valence-corrected chi connectivity index (χ1v) is 10.1. The summed E-state index contributed by atoms with van der Waals surface area (Å²) in [5.41, 5.74) is 1.05. The lowest BCUT2D eigenvalue weighted by molar-refractivity contribution is -0.0826. The third kappa shape index (κ3) is 3.83. The van der Waals surface area contributed by atoms with Crippen molar-refractivity contribution in [2.45, 2.75) is 57.5 Å². The van der Waals surface area contributed by atoms with Gasteiger partial charge in [0.2, 0.25) is 0 Å². The molecular weight excluding hydrogens is 324 g/mol. The van der Waals surface area contributed by atoms with E-state index in [0.29, 0.717) is 12.6 Å². The van der Waals surface area contributed by atoms with Crippen LogP contribution in [0.25, 0.3) is 0 Å².